The zero-order valence-electron chi connectivity index (χ0n) is 13.5. The van der Waals surface area contributed by atoms with Crippen LogP contribution in [-0.4, -0.2) is 41.0 Å². The lowest BCUT2D eigenvalue weighted by molar-refractivity contribution is 0.0914. The van der Waals surface area contributed by atoms with Crippen LogP contribution in [0.3, 0.4) is 0 Å². The molecule has 0 saturated carbocycles. The van der Waals surface area contributed by atoms with Crippen molar-refractivity contribution in [2.24, 2.45) is 0 Å². The third kappa shape index (κ3) is 2.78. The number of carbonyl (C=O) groups excluding carboxylic acids is 1. The number of hydrogen-bond donors (Lipinski definition) is 2. The maximum absolute atomic E-state index is 12.5. The van der Waals surface area contributed by atoms with Crippen LogP contribution in [0.5, 0.6) is 0 Å². The average Bonchev–Trinajstić information content (AvgIpc) is 3.25. The summed E-state index contributed by atoms with van der Waals surface area (Å²) in [5.74, 6) is 0.285. The number of amides is 1. The van der Waals surface area contributed by atoms with E-state index < -0.39 is 0 Å². The highest BCUT2D eigenvalue weighted by molar-refractivity contribution is 5.94. The van der Waals surface area contributed by atoms with Gasteiger partial charge in [-0.15, -0.1) is 0 Å². The molecule has 4 rings (SSSR count). The fraction of sp³-hybridized carbons (Fsp3) is 0.444. The van der Waals surface area contributed by atoms with Crippen LogP contribution in [0.1, 0.15) is 36.0 Å². The summed E-state index contributed by atoms with van der Waals surface area (Å²) in [6, 6.07) is 7.35. The predicted octanol–water partition coefficient (Wildman–Crippen LogP) is 1.99. The Balaban J connectivity index is 1.49. The number of aromatic amines is 1. The number of piperidine rings is 1. The second kappa shape index (κ2) is 6.28. The quantitative estimate of drug-likeness (QED) is 0.904. The van der Waals surface area contributed by atoms with Crippen LogP contribution in [0.4, 0.5) is 0 Å². The van der Waals surface area contributed by atoms with Crippen LogP contribution in [-0.2, 0) is 0 Å². The highest BCUT2D eigenvalue weighted by atomic mass is 16.3. The van der Waals surface area contributed by atoms with Gasteiger partial charge in [-0.2, -0.15) is 0 Å². The molecule has 2 fully saturated rings. The molecule has 0 radical (unpaired) electrons. The Morgan fingerprint density at radius 1 is 1.21 bits per heavy atom. The van der Waals surface area contributed by atoms with Crippen LogP contribution in [0.25, 0.3) is 11.5 Å². The molecular formula is C18H21N3O3. The van der Waals surface area contributed by atoms with Gasteiger partial charge in [-0.05, 0) is 50.1 Å². The molecule has 0 bridgehead atoms. The third-order valence-corrected chi connectivity index (χ3v) is 5.11. The van der Waals surface area contributed by atoms with E-state index in [-0.39, 0.29) is 23.1 Å². The van der Waals surface area contributed by atoms with Gasteiger partial charge in [-0.3, -0.25) is 14.5 Å². The lowest BCUT2D eigenvalue weighted by Crippen LogP contribution is -2.47. The number of fused-ring (bicyclic) bond motifs is 1. The number of carbonyl (C=O) groups is 1. The Kier molecular flexibility index (Phi) is 3.98. The molecule has 1 amide bonds. The first-order valence-electron chi connectivity index (χ1n) is 8.54. The molecule has 24 heavy (non-hydrogen) atoms. The normalized spacial score (nSPS) is 23.8. The molecule has 2 atom stereocenters. The van der Waals surface area contributed by atoms with Gasteiger partial charge in [0.25, 0.3) is 11.5 Å². The highest BCUT2D eigenvalue weighted by Crippen LogP contribution is 2.27. The van der Waals surface area contributed by atoms with E-state index >= 15 is 0 Å². The summed E-state index contributed by atoms with van der Waals surface area (Å²) in [6.45, 7) is 2.15. The van der Waals surface area contributed by atoms with Crippen molar-refractivity contribution in [2.45, 2.75) is 37.8 Å². The number of H-pyrrole nitrogens is 1. The minimum atomic E-state index is -0.389. The van der Waals surface area contributed by atoms with Crippen LogP contribution >= 0.6 is 0 Å². The summed E-state index contributed by atoms with van der Waals surface area (Å²) in [6.07, 6.45) is 6.08. The van der Waals surface area contributed by atoms with Crippen molar-refractivity contribution in [3.8, 4) is 11.5 Å². The van der Waals surface area contributed by atoms with Crippen molar-refractivity contribution in [3.63, 3.8) is 0 Å². The number of pyridine rings is 1. The van der Waals surface area contributed by atoms with Crippen molar-refractivity contribution < 1.29 is 9.21 Å². The van der Waals surface area contributed by atoms with Crippen LogP contribution < -0.4 is 10.9 Å². The fourth-order valence-electron chi connectivity index (χ4n) is 3.89. The molecule has 0 aliphatic carbocycles. The average molecular weight is 327 g/mol. The molecule has 4 heterocycles. The summed E-state index contributed by atoms with van der Waals surface area (Å²) in [4.78, 5) is 30.0. The minimum absolute atomic E-state index is 0.141. The molecule has 6 nitrogen and oxygen atoms in total. The van der Waals surface area contributed by atoms with Crippen molar-refractivity contribution in [3.05, 3.63) is 46.4 Å². The first kappa shape index (κ1) is 15.2. The maximum Gasteiger partial charge on any atom is 0.261 e. The SMILES string of the molecule is O=C(N[C@@H]1CCN2CCCC[C@H]12)c1ccc(-c2ccco2)[nH]c1=O. The molecule has 2 aromatic heterocycles. The van der Waals surface area contributed by atoms with Gasteiger partial charge in [0.15, 0.2) is 0 Å². The van der Waals surface area contributed by atoms with E-state index in [1.807, 2.05) is 0 Å². The van der Waals surface area contributed by atoms with Crippen molar-refractivity contribution >= 4 is 5.91 Å². The van der Waals surface area contributed by atoms with E-state index in [9.17, 15) is 9.59 Å². The van der Waals surface area contributed by atoms with E-state index in [2.05, 4.69) is 15.2 Å². The number of nitrogens with zero attached hydrogens (tertiary/aromatic N) is 1. The van der Waals surface area contributed by atoms with Crippen molar-refractivity contribution in [1.82, 2.24) is 15.2 Å². The molecule has 2 N–H and O–H groups in total. The molecule has 2 aromatic rings. The first-order valence-corrected chi connectivity index (χ1v) is 8.54. The van der Waals surface area contributed by atoms with Gasteiger partial charge in [-0.1, -0.05) is 6.42 Å². The summed E-state index contributed by atoms with van der Waals surface area (Å²) in [7, 11) is 0. The van der Waals surface area contributed by atoms with Crippen LogP contribution in [0.2, 0.25) is 0 Å². The maximum atomic E-state index is 12.5. The molecule has 2 aliphatic rings. The molecule has 0 spiro atoms. The van der Waals surface area contributed by atoms with Gasteiger partial charge < -0.3 is 14.7 Å². The standard InChI is InChI=1S/C18H21N3O3/c22-17(19-13-8-10-21-9-2-1-4-15(13)21)12-6-7-14(20-18(12)23)16-5-3-11-24-16/h3,5-7,11,13,15H,1-2,4,8-10H2,(H,19,22)(H,20,23)/t13-,15-/m1/s1. The number of hydrogen-bond acceptors (Lipinski definition) is 4. The molecule has 0 aromatic carbocycles. The van der Waals surface area contributed by atoms with Gasteiger partial charge in [0, 0.05) is 18.6 Å². The largest absolute Gasteiger partial charge is 0.463 e. The number of aromatic nitrogens is 1. The summed E-state index contributed by atoms with van der Waals surface area (Å²) < 4.78 is 5.27. The molecule has 0 unspecified atom stereocenters. The third-order valence-electron chi connectivity index (χ3n) is 5.11. The monoisotopic (exact) mass is 327 g/mol. The molecule has 2 saturated heterocycles. The fourth-order valence-corrected chi connectivity index (χ4v) is 3.89. The molecule has 126 valence electrons. The zero-order chi connectivity index (χ0) is 16.5. The van der Waals surface area contributed by atoms with Crippen LogP contribution in [0.15, 0.2) is 39.7 Å². The topological polar surface area (TPSA) is 78.3 Å². The Hall–Kier alpha value is -2.34. The second-order valence-corrected chi connectivity index (χ2v) is 6.56. The lowest BCUT2D eigenvalue weighted by atomic mass is 9.99. The van der Waals surface area contributed by atoms with E-state index in [4.69, 9.17) is 4.42 Å². The summed E-state index contributed by atoms with van der Waals surface area (Å²) in [5, 5.41) is 3.07. The zero-order valence-corrected chi connectivity index (χ0v) is 13.5. The summed E-state index contributed by atoms with van der Waals surface area (Å²) >= 11 is 0. The number of nitrogens with one attached hydrogen (secondary N) is 2. The molecule has 2 aliphatic heterocycles. The predicted molar refractivity (Wildman–Crippen MR) is 89.8 cm³/mol. The molecule has 6 heteroatoms. The van der Waals surface area contributed by atoms with Gasteiger partial charge in [0.1, 0.15) is 11.3 Å². The lowest BCUT2D eigenvalue weighted by Gasteiger charge is -2.32. The Morgan fingerprint density at radius 3 is 2.92 bits per heavy atom. The van der Waals surface area contributed by atoms with E-state index in [0.717, 1.165) is 25.9 Å². The Morgan fingerprint density at radius 2 is 2.12 bits per heavy atom. The highest BCUT2D eigenvalue weighted by Gasteiger charge is 2.36. The Bertz CT molecular complexity index is 781. The van der Waals surface area contributed by atoms with Crippen molar-refractivity contribution in [2.75, 3.05) is 13.1 Å². The van der Waals surface area contributed by atoms with E-state index in [1.165, 1.54) is 12.8 Å². The van der Waals surface area contributed by atoms with Crippen LogP contribution in [0, 0.1) is 0 Å². The smallest absolute Gasteiger partial charge is 0.261 e. The minimum Gasteiger partial charge on any atom is -0.463 e. The van der Waals surface area contributed by atoms with Gasteiger partial charge in [0.05, 0.1) is 12.0 Å². The van der Waals surface area contributed by atoms with Gasteiger partial charge in [0.2, 0.25) is 0 Å². The van der Waals surface area contributed by atoms with E-state index in [0.29, 0.717) is 17.5 Å². The summed E-state index contributed by atoms with van der Waals surface area (Å²) in [5.41, 5.74) is 0.334. The van der Waals surface area contributed by atoms with Gasteiger partial charge >= 0.3 is 0 Å². The first-order chi connectivity index (χ1) is 11.7. The number of furan rings is 1. The van der Waals surface area contributed by atoms with Crippen molar-refractivity contribution in [1.29, 1.82) is 0 Å². The van der Waals surface area contributed by atoms with E-state index in [1.54, 1.807) is 30.5 Å². The van der Waals surface area contributed by atoms with Gasteiger partial charge in [-0.25, -0.2) is 0 Å². The second-order valence-electron chi connectivity index (χ2n) is 6.56. The number of rotatable bonds is 3. The Labute approximate surface area is 139 Å². The molecular weight excluding hydrogens is 306 g/mol.